The second kappa shape index (κ2) is 8.00. The van der Waals surface area contributed by atoms with Crippen molar-refractivity contribution in [1.82, 2.24) is 0 Å². The molecule has 0 aliphatic rings. The number of rotatable bonds is 7. The fourth-order valence-corrected chi connectivity index (χ4v) is 2.16. The number of nitrogens with two attached hydrogens (primary N) is 1. The Morgan fingerprint density at radius 3 is 2.48 bits per heavy atom. The van der Waals surface area contributed by atoms with Gasteiger partial charge in [0.1, 0.15) is 5.75 Å². The maximum Gasteiger partial charge on any atom is 0.165 e. The first-order valence-corrected chi connectivity index (χ1v) is 7.48. The summed E-state index contributed by atoms with van der Waals surface area (Å²) in [5, 5.41) is 0. The van der Waals surface area contributed by atoms with Crippen molar-refractivity contribution in [2.45, 2.75) is 13.0 Å². The van der Waals surface area contributed by atoms with Gasteiger partial charge in [0.25, 0.3) is 0 Å². The Labute approximate surface area is 132 Å². The van der Waals surface area contributed by atoms with E-state index in [1.165, 1.54) is 6.07 Å². The summed E-state index contributed by atoms with van der Waals surface area (Å²) in [5.41, 5.74) is 6.61. The van der Waals surface area contributed by atoms with Crippen LogP contribution >= 0.6 is 15.9 Å². The molecule has 2 rings (SSSR count). The zero-order valence-corrected chi connectivity index (χ0v) is 13.1. The van der Waals surface area contributed by atoms with Gasteiger partial charge in [0, 0.05) is 23.0 Å². The first kappa shape index (κ1) is 15.8. The van der Waals surface area contributed by atoms with Crippen molar-refractivity contribution in [3.63, 3.8) is 0 Å². The van der Waals surface area contributed by atoms with E-state index in [1.807, 2.05) is 24.3 Å². The largest absolute Gasteiger partial charge is 0.493 e. The van der Waals surface area contributed by atoms with Crippen LogP contribution in [0.4, 0.5) is 4.39 Å². The Morgan fingerprint density at radius 2 is 1.71 bits per heavy atom. The molecule has 0 saturated carbocycles. The molecule has 2 aromatic rings. The molecule has 2 aromatic carbocycles. The van der Waals surface area contributed by atoms with E-state index in [1.54, 1.807) is 12.1 Å². The normalized spacial score (nSPS) is 10.4. The molecule has 0 fully saturated rings. The van der Waals surface area contributed by atoms with E-state index in [2.05, 4.69) is 15.9 Å². The molecule has 0 aromatic heterocycles. The average Bonchev–Trinajstić information content (AvgIpc) is 2.50. The van der Waals surface area contributed by atoms with Gasteiger partial charge in [0.15, 0.2) is 11.6 Å². The third-order valence-corrected chi connectivity index (χ3v) is 3.38. The molecule has 112 valence electrons. The first-order chi connectivity index (χ1) is 10.2. The van der Waals surface area contributed by atoms with Gasteiger partial charge in [-0.2, -0.15) is 0 Å². The lowest BCUT2D eigenvalue weighted by Crippen LogP contribution is -2.07. The molecule has 21 heavy (non-hydrogen) atoms. The lowest BCUT2D eigenvalue weighted by molar-refractivity contribution is 0.240. The summed E-state index contributed by atoms with van der Waals surface area (Å²) >= 11 is 3.28. The predicted molar refractivity (Wildman–Crippen MR) is 84.0 cm³/mol. The van der Waals surface area contributed by atoms with Crippen molar-refractivity contribution >= 4 is 15.9 Å². The van der Waals surface area contributed by atoms with Crippen LogP contribution in [0.25, 0.3) is 0 Å². The average molecular weight is 354 g/mol. The molecule has 0 spiro atoms. The van der Waals surface area contributed by atoms with E-state index < -0.39 is 0 Å². The lowest BCUT2D eigenvalue weighted by Gasteiger charge is -2.11. The molecule has 0 unspecified atom stereocenters. The molecule has 0 saturated heterocycles. The van der Waals surface area contributed by atoms with E-state index in [9.17, 15) is 4.39 Å². The summed E-state index contributed by atoms with van der Waals surface area (Å²) in [6.07, 6.45) is 0.658. The zero-order valence-electron chi connectivity index (χ0n) is 11.5. The van der Waals surface area contributed by atoms with Crippen molar-refractivity contribution in [2.24, 2.45) is 5.73 Å². The molecule has 0 amide bonds. The highest BCUT2D eigenvalue weighted by Gasteiger charge is 2.04. The molecule has 0 heterocycles. The highest BCUT2D eigenvalue weighted by molar-refractivity contribution is 9.10. The van der Waals surface area contributed by atoms with E-state index in [0.29, 0.717) is 26.2 Å². The third-order valence-electron chi connectivity index (χ3n) is 2.89. The fourth-order valence-electron chi connectivity index (χ4n) is 1.82. The fraction of sp³-hybridized carbons (Fsp3) is 0.250. The van der Waals surface area contributed by atoms with E-state index in [4.69, 9.17) is 15.2 Å². The van der Waals surface area contributed by atoms with Gasteiger partial charge < -0.3 is 15.2 Å². The Bertz CT molecular complexity index is 592. The van der Waals surface area contributed by atoms with Gasteiger partial charge in [-0.3, -0.25) is 0 Å². The van der Waals surface area contributed by atoms with Gasteiger partial charge >= 0.3 is 0 Å². The number of halogens is 2. The monoisotopic (exact) mass is 353 g/mol. The summed E-state index contributed by atoms with van der Waals surface area (Å²) in [5.74, 6) is 0.660. The first-order valence-electron chi connectivity index (χ1n) is 6.69. The van der Waals surface area contributed by atoms with Crippen LogP contribution in [0.5, 0.6) is 11.5 Å². The van der Waals surface area contributed by atoms with Crippen LogP contribution in [0.2, 0.25) is 0 Å². The van der Waals surface area contributed by atoms with Crippen molar-refractivity contribution in [3.05, 3.63) is 58.3 Å². The van der Waals surface area contributed by atoms with Crippen molar-refractivity contribution < 1.29 is 13.9 Å². The number of hydrogen-bond donors (Lipinski definition) is 1. The summed E-state index contributed by atoms with van der Waals surface area (Å²) < 4.78 is 25.3. The predicted octanol–water partition coefficient (Wildman–Crippen LogP) is 3.89. The van der Waals surface area contributed by atoms with Crippen LogP contribution in [0.15, 0.2) is 46.9 Å². The Balaban J connectivity index is 1.76. The zero-order chi connectivity index (χ0) is 15.1. The molecular weight excluding hydrogens is 337 g/mol. The van der Waals surface area contributed by atoms with E-state index in [-0.39, 0.29) is 11.6 Å². The summed E-state index contributed by atoms with van der Waals surface area (Å²) in [6.45, 7) is 1.32. The van der Waals surface area contributed by atoms with Gasteiger partial charge in [-0.05, 0) is 24.3 Å². The lowest BCUT2D eigenvalue weighted by atomic mass is 10.2. The van der Waals surface area contributed by atoms with Gasteiger partial charge in [0.2, 0.25) is 0 Å². The van der Waals surface area contributed by atoms with Crippen LogP contribution in [-0.2, 0) is 6.54 Å². The maximum absolute atomic E-state index is 13.5. The third kappa shape index (κ3) is 4.72. The molecule has 0 aliphatic carbocycles. The Morgan fingerprint density at radius 1 is 1.00 bits per heavy atom. The standard InChI is InChI=1S/C16H17BrFNO2/c17-13-6-7-14(18)16(10-13)21-9-3-8-20-15-5-2-1-4-12(15)11-19/h1-2,4-7,10H,3,8-9,11,19H2. The molecule has 2 N–H and O–H groups in total. The number of benzene rings is 2. The minimum absolute atomic E-state index is 0.242. The second-order valence-electron chi connectivity index (χ2n) is 4.44. The SMILES string of the molecule is NCc1ccccc1OCCCOc1cc(Br)ccc1F. The highest BCUT2D eigenvalue weighted by Crippen LogP contribution is 2.22. The van der Waals surface area contributed by atoms with Crippen LogP contribution < -0.4 is 15.2 Å². The summed E-state index contributed by atoms with van der Waals surface area (Å²) in [7, 11) is 0. The van der Waals surface area contributed by atoms with E-state index >= 15 is 0 Å². The minimum Gasteiger partial charge on any atom is -0.493 e. The van der Waals surface area contributed by atoms with Crippen LogP contribution in [0.3, 0.4) is 0 Å². The Kier molecular flexibility index (Phi) is 6.02. The van der Waals surface area contributed by atoms with Gasteiger partial charge in [-0.15, -0.1) is 0 Å². The molecular formula is C16H17BrFNO2. The van der Waals surface area contributed by atoms with E-state index in [0.717, 1.165) is 15.8 Å². The van der Waals surface area contributed by atoms with Crippen molar-refractivity contribution in [1.29, 1.82) is 0 Å². The maximum atomic E-state index is 13.5. The smallest absolute Gasteiger partial charge is 0.165 e. The number of para-hydroxylation sites is 1. The highest BCUT2D eigenvalue weighted by atomic mass is 79.9. The molecule has 3 nitrogen and oxygen atoms in total. The van der Waals surface area contributed by atoms with Crippen molar-refractivity contribution in [2.75, 3.05) is 13.2 Å². The number of hydrogen-bond acceptors (Lipinski definition) is 3. The molecule has 0 aliphatic heterocycles. The summed E-state index contributed by atoms with van der Waals surface area (Å²) in [6, 6.07) is 12.3. The minimum atomic E-state index is -0.368. The quantitative estimate of drug-likeness (QED) is 0.767. The molecule has 0 radical (unpaired) electrons. The van der Waals surface area contributed by atoms with Gasteiger partial charge in [-0.25, -0.2) is 4.39 Å². The molecule has 0 atom stereocenters. The summed E-state index contributed by atoms with van der Waals surface area (Å²) in [4.78, 5) is 0. The Hall–Kier alpha value is -1.59. The van der Waals surface area contributed by atoms with Crippen LogP contribution in [0, 0.1) is 5.82 Å². The number of ether oxygens (including phenoxy) is 2. The van der Waals surface area contributed by atoms with Crippen LogP contribution in [-0.4, -0.2) is 13.2 Å². The topological polar surface area (TPSA) is 44.5 Å². The van der Waals surface area contributed by atoms with Gasteiger partial charge in [-0.1, -0.05) is 34.1 Å². The molecule has 0 bridgehead atoms. The second-order valence-corrected chi connectivity index (χ2v) is 5.35. The van der Waals surface area contributed by atoms with Crippen LogP contribution in [0.1, 0.15) is 12.0 Å². The van der Waals surface area contributed by atoms with Crippen molar-refractivity contribution in [3.8, 4) is 11.5 Å². The van der Waals surface area contributed by atoms with Gasteiger partial charge in [0.05, 0.1) is 13.2 Å². The molecule has 5 heteroatoms.